The van der Waals surface area contributed by atoms with Crippen LogP contribution in [-0.4, -0.2) is 19.0 Å². The summed E-state index contributed by atoms with van der Waals surface area (Å²) in [6.45, 7) is 2.20. The number of benzene rings is 3. The number of aliphatic imine (C=N–C) groups is 1. The summed E-state index contributed by atoms with van der Waals surface area (Å²) < 4.78 is 16.7. The smallest absolute Gasteiger partial charge is 0.363 e. The summed E-state index contributed by atoms with van der Waals surface area (Å²) in [6, 6.07) is 18.3. The standard InChI is InChI=1S/C25H19Cl2NO4/c1-15-6-3-4-9-19(15)24-28-21(25(29)32-24)12-17-11-20(27)23(22(13-17)30-2)31-14-16-7-5-8-18(26)10-16/h3-13H,14H2,1-2H3/b21-12-. The predicted octanol–water partition coefficient (Wildman–Crippen LogP) is 6.23. The Kier molecular flexibility index (Phi) is 6.49. The van der Waals surface area contributed by atoms with Crippen LogP contribution in [0.2, 0.25) is 10.0 Å². The molecule has 1 heterocycles. The van der Waals surface area contributed by atoms with E-state index in [2.05, 4.69) is 4.99 Å². The maximum Gasteiger partial charge on any atom is 0.363 e. The van der Waals surface area contributed by atoms with Crippen molar-refractivity contribution >= 4 is 41.1 Å². The van der Waals surface area contributed by atoms with Crippen molar-refractivity contribution in [1.29, 1.82) is 0 Å². The van der Waals surface area contributed by atoms with Crippen molar-refractivity contribution in [3.8, 4) is 11.5 Å². The van der Waals surface area contributed by atoms with Gasteiger partial charge in [-0.05, 0) is 60.0 Å². The van der Waals surface area contributed by atoms with Crippen LogP contribution in [0.3, 0.4) is 0 Å². The van der Waals surface area contributed by atoms with Crippen LogP contribution in [0.5, 0.6) is 11.5 Å². The third-order valence-corrected chi connectivity index (χ3v) is 5.34. The van der Waals surface area contributed by atoms with Gasteiger partial charge in [-0.1, -0.05) is 53.5 Å². The molecule has 7 heteroatoms. The number of cyclic esters (lactones) is 1. The van der Waals surface area contributed by atoms with Crippen LogP contribution < -0.4 is 9.47 Å². The van der Waals surface area contributed by atoms with Crippen LogP contribution in [0, 0.1) is 6.92 Å². The quantitative estimate of drug-likeness (QED) is 0.318. The lowest BCUT2D eigenvalue weighted by Gasteiger charge is -2.13. The molecule has 3 aromatic rings. The Morgan fingerprint density at radius 2 is 1.88 bits per heavy atom. The fraction of sp³-hybridized carbons (Fsp3) is 0.120. The minimum Gasteiger partial charge on any atom is -0.493 e. The van der Waals surface area contributed by atoms with Crippen LogP contribution in [0.15, 0.2) is 71.4 Å². The molecule has 0 N–H and O–H groups in total. The number of esters is 1. The summed E-state index contributed by atoms with van der Waals surface area (Å²) in [5.41, 5.74) is 3.43. The minimum atomic E-state index is -0.528. The molecule has 0 aromatic heterocycles. The summed E-state index contributed by atoms with van der Waals surface area (Å²) in [5.74, 6) is 0.578. The molecule has 0 unspecified atom stereocenters. The zero-order valence-electron chi connectivity index (χ0n) is 17.4. The van der Waals surface area contributed by atoms with E-state index in [1.807, 2.05) is 49.4 Å². The van der Waals surface area contributed by atoms with Gasteiger partial charge in [0.1, 0.15) is 6.61 Å². The molecular formula is C25H19Cl2NO4. The summed E-state index contributed by atoms with van der Waals surface area (Å²) in [5, 5.41) is 0.966. The SMILES string of the molecule is COc1cc(/C=C2\N=C(c3ccccc3C)OC2=O)cc(Cl)c1OCc1cccc(Cl)c1. The van der Waals surface area contributed by atoms with Gasteiger partial charge >= 0.3 is 5.97 Å². The van der Waals surface area contributed by atoms with E-state index in [1.54, 1.807) is 24.3 Å². The van der Waals surface area contributed by atoms with Crippen LogP contribution in [-0.2, 0) is 16.1 Å². The van der Waals surface area contributed by atoms with Crippen molar-refractivity contribution < 1.29 is 19.0 Å². The van der Waals surface area contributed by atoms with Gasteiger partial charge in [0, 0.05) is 10.6 Å². The first-order chi connectivity index (χ1) is 15.4. The van der Waals surface area contributed by atoms with E-state index < -0.39 is 5.97 Å². The van der Waals surface area contributed by atoms with Crippen LogP contribution in [0.25, 0.3) is 6.08 Å². The van der Waals surface area contributed by atoms with E-state index in [1.165, 1.54) is 7.11 Å². The van der Waals surface area contributed by atoms with Gasteiger partial charge < -0.3 is 14.2 Å². The zero-order chi connectivity index (χ0) is 22.7. The van der Waals surface area contributed by atoms with E-state index >= 15 is 0 Å². The number of carbonyl (C=O) groups excluding carboxylic acids is 1. The van der Waals surface area contributed by atoms with Gasteiger partial charge in [-0.25, -0.2) is 9.79 Å². The van der Waals surface area contributed by atoms with Gasteiger partial charge in [0.05, 0.1) is 12.1 Å². The molecule has 0 aliphatic carbocycles. The maximum absolute atomic E-state index is 12.4. The Labute approximate surface area is 195 Å². The normalized spacial score (nSPS) is 14.3. The lowest BCUT2D eigenvalue weighted by atomic mass is 10.1. The highest BCUT2D eigenvalue weighted by molar-refractivity contribution is 6.32. The van der Waals surface area contributed by atoms with Crippen molar-refractivity contribution in [3.05, 3.63) is 98.7 Å². The van der Waals surface area contributed by atoms with E-state index in [0.717, 1.165) is 16.7 Å². The molecule has 1 aliphatic heterocycles. The number of carbonyl (C=O) groups is 1. The van der Waals surface area contributed by atoms with Crippen LogP contribution in [0.1, 0.15) is 22.3 Å². The van der Waals surface area contributed by atoms with Crippen LogP contribution >= 0.6 is 23.2 Å². The molecule has 32 heavy (non-hydrogen) atoms. The van der Waals surface area contributed by atoms with Gasteiger partial charge in [0.15, 0.2) is 17.2 Å². The number of ether oxygens (including phenoxy) is 3. The van der Waals surface area contributed by atoms with Gasteiger partial charge in [-0.2, -0.15) is 0 Å². The summed E-state index contributed by atoms with van der Waals surface area (Å²) in [7, 11) is 1.52. The third kappa shape index (κ3) is 4.79. The molecule has 0 atom stereocenters. The van der Waals surface area contributed by atoms with E-state index in [9.17, 15) is 4.79 Å². The summed E-state index contributed by atoms with van der Waals surface area (Å²) in [4.78, 5) is 16.7. The van der Waals surface area contributed by atoms with Gasteiger partial charge in [-0.15, -0.1) is 0 Å². The van der Waals surface area contributed by atoms with E-state index in [4.69, 9.17) is 37.4 Å². The molecule has 0 saturated heterocycles. The molecule has 0 spiro atoms. The fourth-order valence-corrected chi connectivity index (χ4v) is 3.73. The number of hydrogen-bond donors (Lipinski definition) is 0. The molecule has 162 valence electrons. The molecule has 3 aromatic carbocycles. The average Bonchev–Trinajstić information content (AvgIpc) is 3.13. The number of methoxy groups -OCH3 is 1. The third-order valence-electron chi connectivity index (χ3n) is 4.82. The highest BCUT2D eigenvalue weighted by atomic mass is 35.5. The number of hydrogen-bond acceptors (Lipinski definition) is 5. The second-order valence-corrected chi connectivity index (χ2v) is 7.95. The molecular weight excluding hydrogens is 449 g/mol. The molecule has 0 saturated carbocycles. The lowest BCUT2D eigenvalue weighted by Crippen LogP contribution is -2.06. The first kappa shape index (κ1) is 21.9. The van der Waals surface area contributed by atoms with Crippen molar-refractivity contribution in [2.24, 2.45) is 4.99 Å². The Hall–Kier alpha value is -3.28. The lowest BCUT2D eigenvalue weighted by molar-refractivity contribution is -0.129. The first-order valence-corrected chi connectivity index (χ1v) is 10.5. The second-order valence-electron chi connectivity index (χ2n) is 7.10. The van der Waals surface area contributed by atoms with Crippen molar-refractivity contribution in [3.63, 3.8) is 0 Å². The predicted molar refractivity (Wildman–Crippen MR) is 126 cm³/mol. The van der Waals surface area contributed by atoms with E-state index in [0.29, 0.717) is 27.1 Å². The summed E-state index contributed by atoms with van der Waals surface area (Å²) in [6.07, 6.45) is 1.60. The first-order valence-electron chi connectivity index (χ1n) is 9.78. The molecule has 0 bridgehead atoms. The molecule has 1 aliphatic rings. The minimum absolute atomic E-state index is 0.175. The maximum atomic E-state index is 12.4. The number of rotatable bonds is 6. The number of nitrogens with zero attached hydrogens (tertiary/aromatic N) is 1. The highest BCUT2D eigenvalue weighted by Crippen LogP contribution is 2.38. The van der Waals surface area contributed by atoms with Gasteiger partial charge in [0.25, 0.3) is 0 Å². The Bertz CT molecular complexity index is 1250. The van der Waals surface area contributed by atoms with Gasteiger partial charge in [-0.3, -0.25) is 0 Å². The number of halogens is 2. The van der Waals surface area contributed by atoms with E-state index in [-0.39, 0.29) is 18.2 Å². The van der Waals surface area contributed by atoms with Crippen molar-refractivity contribution in [1.82, 2.24) is 0 Å². The van der Waals surface area contributed by atoms with Crippen molar-refractivity contribution in [2.75, 3.05) is 7.11 Å². The Balaban J connectivity index is 1.60. The fourth-order valence-electron chi connectivity index (χ4n) is 3.24. The molecule has 0 fully saturated rings. The Morgan fingerprint density at radius 1 is 1.06 bits per heavy atom. The molecule has 5 nitrogen and oxygen atoms in total. The average molecular weight is 468 g/mol. The molecule has 4 rings (SSSR count). The zero-order valence-corrected chi connectivity index (χ0v) is 18.9. The molecule has 0 radical (unpaired) electrons. The molecule has 0 amide bonds. The largest absolute Gasteiger partial charge is 0.493 e. The highest BCUT2D eigenvalue weighted by Gasteiger charge is 2.25. The number of aryl methyl sites for hydroxylation is 1. The van der Waals surface area contributed by atoms with Crippen molar-refractivity contribution in [2.45, 2.75) is 13.5 Å². The van der Waals surface area contributed by atoms with Crippen LogP contribution in [0.4, 0.5) is 0 Å². The second kappa shape index (κ2) is 9.47. The monoisotopic (exact) mass is 467 g/mol. The summed E-state index contributed by atoms with van der Waals surface area (Å²) >= 11 is 12.5. The Morgan fingerprint density at radius 3 is 2.62 bits per heavy atom. The topological polar surface area (TPSA) is 57.1 Å². The van der Waals surface area contributed by atoms with Gasteiger partial charge in [0.2, 0.25) is 5.90 Å².